The van der Waals surface area contributed by atoms with Crippen molar-refractivity contribution in [3.8, 4) is 6.07 Å². The molecule has 1 aromatic carbocycles. The van der Waals surface area contributed by atoms with Crippen molar-refractivity contribution < 1.29 is 4.79 Å². The number of carbonyl (C=O) groups excluding carboxylic acids is 1. The van der Waals surface area contributed by atoms with Crippen LogP contribution in [0, 0.1) is 11.3 Å². The first-order valence-corrected chi connectivity index (χ1v) is 6.02. The van der Waals surface area contributed by atoms with Crippen LogP contribution in [-0.2, 0) is 4.79 Å². The fourth-order valence-corrected chi connectivity index (χ4v) is 1.82. The second-order valence-corrected chi connectivity index (χ2v) is 4.73. The Morgan fingerprint density at radius 1 is 1.56 bits per heavy atom. The molecule has 5 heteroatoms. The van der Waals surface area contributed by atoms with Gasteiger partial charge in [-0.3, -0.25) is 4.79 Å². The highest BCUT2D eigenvalue weighted by molar-refractivity contribution is 6.32. The molecule has 96 valence electrons. The number of nitrogens with one attached hydrogen (secondary N) is 1. The Bertz CT molecular complexity index is 480. The lowest BCUT2D eigenvalue weighted by Crippen LogP contribution is -2.38. The summed E-state index contributed by atoms with van der Waals surface area (Å²) < 4.78 is 0. The van der Waals surface area contributed by atoms with Crippen molar-refractivity contribution in [1.82, 2.24) is 5.32 Å². The maximum atomic E-state index is 11.7. The average molecular weight is 266 g/mol. The van der Waals surface area contributed by atoms with Crippen LogP contribution in [0.2, 0.25) is 5.02 Å². The average Bonchev–Trinajstić information content (AvgIpc) is 2.27. The maximum Gasteiger partial charge on any atom is 0.239 e. The van der Waals surface area contributed by atoms with Gasteiger partial charge in [0.25, 0.3) is 0 Å². The molecule has 1 rings (SSSR count). The molecule has 0 aromatic heterocycles. The van der Waals surface area contributed by atoms with E-state index in [-0.39, 0.29) is 18.5 Å². The Kier molecular flexibility index (Phi) is 4.99. The molecule has 4 nitrogen and oxygen atoms in total. The second-order valence-electron chi connectivity index (χ2n) is 4.32. The molecule has 0 saturated carbocycles. The first kappa shape index (κ1) is 14.3. The predicted molar refractivity (Wildman–Crippen MR) is 72.7 cm³/mol. The van der Waals surface area contributed by atoms with Crippen LogP contribution >= 0.6 is 11.6 Å². The fourth-order valence-electron chi connectivity index (χ4n) is 1.61. The van der Waals surface area contributed by atoms with Crippen molar-refractivity contribution >= 4 is 23.2 Å². The Morgan fingerprint density at radius 3 is 2.78 bits per heavy atom. The summed E-state index contributed by atoms with van der Waals surface area (Å²) in [6.07, 6.45) is 0. The minimum absolute atomic E-state index is 0.0867. The molecule has 0 spiro atoms. The topological polar surface area (TPSA) is 56.1 Å². The van der Waals surface area contributed by atoms with Gasteiger partial charge in [-0.15, -0.1) is 0 Å². The highest BCUT2D eigenvalue weighted by Crippen LogP contribution is 2.25. The monoisotopic (exact) mass is 265 g/mol. The number of amides is 1. The number of nitrogens with zero attached hydrogens (tertiary/aromatic N) is 2. The normalized spacial score (nSPS) is 10.0. The van der Waals surface area contributed by atoms with E-state index in [0.717, 1.165) is 0 Å². The molecule has 0 atom stereocenters. The summed E-state index contributed by atoms with van der Waals surface area (Å²) in [5.41, 5.74) is 1.04. The first-order valence-electron chi connectivity index (χ1n) is 5.64. The van der Waals surface area contributed by atoms with Crippen molar-refractivity contribution in [2.75, 3.05) is 18.5 Å². The summed E-state index contributed by atoms with van der Waals surface area (Å²) in [4.78, 5) is 13.4. The lowest BCUT2D eigenvalue weighted by Gasteiger charge is -2.21. The van der Waals surface area contributed by atoms with Gasteiger partial charge < -0.3 is 10.2 Å². The Morgan fingerprint density at radius 2 is 2.22 bits per heavy atom. The summed E-state index contributed by atoms with van der Waals surface area (Å²) in [5, 5.41) is 12.3. The highest BCUT2D eigenvalue weighted by Gasteiger charge is 2.13. The molecule has 0 aliphatic carbocycles. The van der Waals surface area contributed by atoms with Crippen LogP contribution in [0.25, 0.3) is 0 Å². The Labute approximate surface area is 112 Å². The van der Waals surface area contributed by atoms with Crippen molar-refractivity contribution in [3.05, 3.63) is 28.8 Å². The van der Waals surface area contributed by atoms with Gasteiger partial charge in [-0.1, -0.05) is 17.7 Å². The van der Waals surface area contributed by atoms with Crippen LogP contribution in [0.5, 0.6) is 0 Å². The van der Waals surface area contributed by atoms with Gasteiger partial charge in [0.2, 0.25) is 5.91 Å². The summed E-state index contributed by atoms with van der Waals surface area (Å²) in [7, 11) is 1.76. The summed E-state index contributed by atoms with van der Waals surface area (Å²) >= 11 is 5.94. The van der Waals surface area contributed by atoms with Crippen LogP contribution in [0.3, 0.4) is 0 Å². The molecule has 1 aromatic rings. The molecule has 0 aliphatic heterocycles. The van der Waals surface area contributed by atoms with Crippen LogP contribution in [-0.4, -0.2) is 25.5 Å². The van der Waals surface area contributed by atoms with Crippen LogP contribution in [0.4, 0.5) is 5.69 Å². The zero-order valence-electron chi connectivity index (χ0n) is 10.7. The lowest BCUT2D eigenvalue weighted by molar-refractivity contribution is -0.120. The number of benzene rings is 1. The molecular weight excluding hydrogens is 250 g/mol. The predicted octanol–water partition coefficient (Wildman–Crippen LogP) is 2.17. The van der Waals surface area contributed by atoms with Crippen LogP contribution in [0.15, 0.2) is 18.2 Å². The van der Waals surface area contributed by atoms with Gasteiger partial charge >= 0.3 is 0 Å². The fraction of sp³-hybridized carbons (Fsp3) is 0.385. The number of hydrogen-bond acceptors (Lipinski definition) is 3. The number of rotatable bonds is 4. The van der Waals surface area contributed by atoms with Gasteiger partial charge in [0.05, 0.1) is 22.8 Å². The van der Waals surface area contributed by atoms with E-state index in [2.05, 4.69) is 11.4 Å². The molecule has 0 unspecified atom stereocenters. The second kappa shape index (κ2) is 6.27. The third kappa shape index (κ3) is 3.64. The molecule has 0 radical (unpaired) electrons. The highest BCUT2D eigenvalue weighted by atomic mass is 35.5. The molecule has 0 aliphatic rings. The van der Waals surface area contributed by atoms with E-state index in [0.29, 0.717) is 16.3 Å². The molecule has 0 bridgehead atoms. The van der Waals surface area contributed by atoms with Crippen molar-refractivity contribution in [3.63, 3.8) is 0 Å². The molecule has 0 fully saturated rings. The Hall–Kier alpha value is -1.73. The van der Waals surface area contributed by atoms with Crippen LogP contribution < -0.4 is 10.2 Å². The van der Waals surface area contributed by atoms with Gasteiger partial charge in [0, 0.05) is 13.1 Å². The summed E-state index contributed by atoms with van der Waals surface area (Å²) in [6.45, 7) is 3.99. The van der Waals surface area contributed by atoms with Crippen molar-refractivity contribution in [2.24, 2.45) is 0 Å². The zero-order valence-corrected chi connectivity index (χ0v) is 11.5. The van der Waals surface area contributed by atoms with Crippen LogP contribution in [0.1, 0.15) is 19.4 Å². The largest absolute Gasteiger partial charge is 0.364 e. The van der Waals surface area contributed by atoms with E-state index in [1.54, 1.807) is 30.1 Å². The first-order chi connectivity index (χ1) is 8.45. The van der Waals surface area contributed by atoms with Gasteiger partial charge in [0.15, 0.2) is 0 Å². The van der Waals surface area contributed by atoms with E-state index in [9.17, 15) is 4.79 Å². The molecule has 0 saturated heterocycles. The zero-order chi connectivity index (χ0) is 13.7. The minimum atomic E-state index is -0.0867. The van der Waals surface area contributed by atoms with Gasteiger partial charge in [0.1, 0.15) is 6.07 Å². The number of hydrogen-bond donors (Lipinski definition) is 1. The van der Waals surface area contributed by atoms with E-state index >= 15 is 0 Å². The van der Waals surface area contributed by atoms with Gasteiger partial charge in [-0.05, 0) is 26.0 Å². The smallest absolute Gasteiger partial charge is 0.239 e. The third-order valence-corrected chi connectivity index (χ3v) is 2.66. The number of nitriles is 1. The Balaban J connectivity index is 2.85. The number of likely N-dealkylation sites (N-methyl/N-ethyl adjacent to an activating group) is 1. The number of carbonyl (C=O) groups is 1. The SMILES string of the molecule is CC(C)NC(=O)CN(C)c1cccc(Cl)c1C#N. The van der Waals surface area contributed by atoms with E-state index in [1.807, 2.05) is 13.8 Å². The molecule has 18 heavy (non-hydrogen) atoms. The van der Waals surface area contributed by atoms with Gasteiger partial charge in [-0.25, -0.2) is 0 Å². The minimum Gasteiger partial charge on any atom is -0.364 e. The third-order valence-electron chi connectivity index (χ3n) is 2.35. The summed E-state index contributed by atoms with van der Waals surface area (Å²) in [5.74, 6) is -0.0867. The van der Waals surface area contributed by atoms with E-state index in [1.165, 1.54) is 0 Å². The molecule has 0 heterocycles. The van der Waals surface area contributed by atoms with E-state index < -0.39 is 0 Å². The maximum absolute atomic E-state index is 11.7. The van der Waals surface area contributed by atoms with Gasteiger partial charge in [-0.2, -0.15) is 5.26 Å². The van der Waals surface area contributed by atoms with Crippen molar-refractivity contribution in [1.29, 1.82) is 5.26 Å². The standard InChI is InChI=1S/C13H16ClN3O/c1-9(2)16-13(18)8-17(3)12-6-4-5-11(14)10(12)7-15/h4-6,9H,8H2,1-3H3,(H,16,18). The quantitative estimate of drug-likeness (QED) is 0.908. The molecule has 1 amide bonds. The summed E-state index contributed by atoms with van der Waals surface area (Å²) in [6, 6.07) is 7.34. The number of halogens is 1. The molecule has 1 N–H and O–H groups in total. The van der Waals surface area contributed by atoms with E-state index in [4.69, 9.17) is 16.9 Å². The van der Waals surface area contributed by atoms with Crippen molar-refractivity contribution in [2.45, 2.75) is 19.9 Å². The number of anilines is 1. The lowest BCUT2D eigenvalue weighted by atomic mass is 10.2. The molecular formula is C13H16ClN3O.